The molecule has 0 amide bonds. The molecule has 14 atom stereocenters. The lowest BCUT2D eigenvalue weighted by atomic mass is 9.44. The van der Waals surface area contributed by atoms with Crippen molar-refractivity contribution >= 4 is 10.9 Å². The molecule has 9 rings (SSSR count). The van der Waals surface area contributed by atoms with Gasteiger partial charge in [-0.05, 0) is 178 Å². The maximum Gasteiger partial charge on any atom is 0.119 e. The zero-order chi connectivity index (χ0) is 33.4. The van der Waals surface area contributed by atoms with Crippen LogP contribution in [0.3, 0.4) is 0 Å². The summed E-state index contributed by atoms with van der Waals surface area (Å²) < 4.78 is 5.63. The number of fused-ring (bicyclic) bond motifs is 9. The van der Waals surface area contributed by atoms with Crippen molar-refractivity contribution < 1.29 is 14.9 Å². The van der Waals surface area contributed by atoms with Crippen molar-refractivity contribution in [3.05, 3.63) is 48.2 Å². The van der Waals surface area contributed by atoms with Gasteiger partial charge in [-0.15, -0.1) is 6.58 Å². The minimum Gasteiger partial charge on any atom is -0.497 e. The number of hydrogen-bond donors (Lipinski definition) is 2. The molecule has 1 unspecified atom stereocenters. The average molecular weight is 655 g/mol. The highest BCUT2D eigenvalue weighted by Gasteiger charge is 2.60. The van der Waals surface area contributed by atoms with Gasteiger partial charge in [0.15, 0.2) is 0 Å². The van der Waals surface area contributed by atoms with Gasteiger partial charge >= 0.3 is 0 Å². The minimum absolute atomic E-state index is 0.0605. The maximum absolute atomic E-state index is 12.1. The summed E-state index contributed by atoms with van der Waals surface area (Å²) in [4.78, 5) is 7.72. The monoisotopic (exact) mass is 654 g/mol. The Morgan fingerprint density at radius 3 is 2.60 bits per heavy atom. The van der Waals surface area contributed by atoms with Crippen LogP contribution in [0, 0.1) is 58.2 Å². The number of aliphatic hydroxyl groups excluding tert-OH is 2. The van der Waals surface area contributed by atoms with Gasteiger partial charge in [0, 0.05) is 23.7 Å². The number of aliphatic hydroxyl groups is 2. The molecule has 3 saturated heterocycles. The summed E-state index contributed by atoms with van der Waals surface area (Å²) in [5.74, 6) is 6.76. The van der Waals surface area contributed by atoms with Gasteiger partial charge in [-0.1, -0.05) is 26.8 Å². The Hall–Kier alpha value is -1.95. The van der Waals surface area contributed by atoms with E-state index >= 15 is 0 Å². The Morgan fingerprint density at radius 1 is 1.02 bits per heavy atom. The third-order valence-corrected chi connectivity index (χ3v) is 16.2. The van der Waals surface area contributed by atoms with Crippen LogP contribution in [-0.4, -0.2) is 52.4 Å². The highest BCUT2D eigenvalue weighted by Crippen LogP contribution is 2.68. The third-order valence-electron chi connectivity index (χ3n) is 16.2. The second kappa shape index (κ2) is 12.7. The number of methoxy groups -OCH3 is 1. The number of benzene rings is 1. The minimum atomic E-state index is -0.540. The van der Waals surface area contributed by atoms with Crippen molar-refractivity contribution in [1.29, 1.82) is 0 Å². The molecule has 4 heterocycles. The van der Waals surface area contributed by atoms with E-state index in [9.17, 15) is 10.2 Å². The number of aryl methyl sites for hydroxylation is 1. The standard InChI is InChI=1S/C43H62N2O3/c1-6-27-25-45-20-17-28(27)21-40(45)41(47)35-23-30(44-39-14-10-32(48-5)24-34(35)39)9-7-26(2)36-12-13-37-33-11-8-29-22-31(46)15-18-42(29,3)38(33)16-19-43(36,37)4/h6,10,14,23-24,26-29,31,33,36-38,40-41,46-47H,1,7-9,11-13,15-22,25H2,2-5H3/t26-,27+,28+,29-,31-,33+,36-,37+,38+,40+,41-,42+,43-/m1/s1. The Labute approximate surface area is 289 Å². The summed E-state index contributed by atoms with van der Waals surface area (Å²) in [6.45, 7) is 14.0. The van der Waals surface area contributed by atoms with Gasteiger partial charge in [0.05, 0.1) is 24.8 Å². The second-order valence-corrected chi connectivity index (χ2v) is 18.1. The molecule has 7 aliphatic rings. The van der Waals surface area contributed by atoms with E-state index in [0.717, 1.165) is 103 Å². The highest BCUT2D eigenvalue weighted by atomic mass is 16.5. The molecule has 2 N–H and O–H groups in total. The van der Waals surface area contributed by atoms with E-state index in [-0.39, 0.29) is 12.1 Å². The van der Waals surface area contributed by atoms with E-state index in [0.29, 0.717) is 28.6 Å². The molecule has 262 valence electrons. The number of ether oxygens (including phenoxy) is 1. The van der Waals surface area contributed by atoms with Gasteiger partial charge in [-0.3, -0.25) is 9.88 Å². The molecule has 4 saturated carbocycles. The predicted octanol–water partition coefficient (Wildman–Crippen LogP) is 8.76. The first-order valence-corrected chi connectivity index (χ1v) is 19.8. The van der Waals surface area contributed by atoms with E-state index < -0.39 is 6.10 Å². The molecular formula is C43H62N2O3. The molecule has 1 aromatic heterocycles. The molecule has 3 aliphatic heterocycles. The largest absolute Gasteiger partial charge is 0.497 e. The van der Waals surface area contributed by atoms with Crippen LogP contribution in [0.25, 0.3) is 10.9 Å². The van der Waals surface area contributed by atoms with Crippen molar-refractivity contribution in [2.45, 2.75) is 122 Å². The third kappa shape index (κ3) is 5.39. The zero-order valence-electron chi connectivity index (χ0n) is 30.2. The van der Waals surface area contributed by atoms with Crippen LogP contribution in [-0.2, 0) is 6.42 Å². The normalized spacial score (nSPS) is 43.2. The number of nitrogens with zero attached hydrogens (tertiary/aromatic N) is 2. The van der Waals surface area contributed by atoms with Crippen molar-refractivity contribution in [3.63, 3.8) is 0 Å². The molecule has 0 spiro atoms. The predicted molar refractivity (Wildman–Crippen MR) is 194 cm³/mol. The highest BCUT2D eigenvalue weighted by molar-refractivity contribution is 5.84. The zero-order valence-corrected chi connectivity index (χ0v) is 30.2. The summed E-state index contributed by atoms with van der Waals surface area (Å²) in [5, 5.41) is 23.6. The van der Waals surface area contributed by atoms with Crippen LogP contribution < -0.4 is 4.74 Å². The van der Waals surface area contributed by atoms with E-state index in [1.807, 2.05) is 6.07 Å². The summed E-state index contributed by atoms with van der Waals surface area (Å²) in [6.07, 6.45) is 17.5. The molecule has 7 fully saturated rings. The lowest BCUT2D eigenvalue weighted by molar-refractivity contribution is -0.129. The smallest absolute Gasteiger partial charge is 0.119 e. The van der Waals surface area contributed by atoms with Crippen molar-refractivity contribution in [1.82, 2.24) is 9.88 Å². The Bertz CT molecular complexity index is 1510. The lowest BCUT2D eigenvalue weighted by Gasteiger charge is -2.61. The van der Waals surface area contributed by atoms with Gasteiger partial charge < -0.3 is 14.9 Å². The van der Waals surface area contributed by atoms with Gasteiger partial charge in [0.2, 0.25) is 0 Å². The lowest BCUT2D eigenvalue weighted by Crippen LogP contribution is -2.54. The first kappa shape index (κ1) is 33.2. The van der Waals surface area contributed by atoms with E-state index in [1.54, 1.807) is 7.11 Å². The quantitative estimate of drug-likeness (QED) is 0.279. The summed E-state index contributed by atoms with van der Waals surface area (Å²) >= 11 is 0. The molecule has 1 aromatic carbocycles. The second-order valence-electron chi connectivity index (χ2n) is 18.1. The first-order chi connectivity index (χ1) is 23.1. The number of piperidine rings is 3. The van der Waals surface area contributed by atoms with Crippen LogP contribution in [0.2, 0.25) is 0 Å². The molecule has 4 aliphatic carbocycles. The maximum atomic E-state index is 12.1. The van der Waals surface area contributed by atoms with Crippen LogP contribution in [0.15, 0.2) is 36.9 Å². The Balaban J connectivity index is 0.996. The van der Waals surface area contributed by atoms with E-state index in [4.69, 9.17) is 9.72 Å². The molecule has 5 nitrogen and oxygen atoms in total. The fourth-order valence-electron chi connectivity index (χ4n) is 13.5. The van der Waals surface area contributed by atoms with Crippen LogP contribution in [0.5, 0.6) is 5.75 Å². The number of pyridine rings is 1. The summed E-state index contributed by atoms with van der Waals surface area (Å²) in [7, 11) is 1.72. The van der Waals surface area contributed by atoms with E-state index in [1.165, 1.54) is 51.4 Å². The van der Waals surface area contributed by atoms with Crippen molar-refractivity contribution in [2.75, 3.05) is 20.2 Å². The van der Waals surface area contributed by atoms with Crippen LogP contribution in [0.4, 0.5) is 0 Å². The molecular weight excluding hydrogens is 592 g/mol. The molecule has 2 aromatic rings. The number of aromatic nitrogens is 1. The molecule has 2 bridgehead atoms. The molecule has 0 radical (unpaired) electrons. The number of rotatable bonds is 8. The summed E-state index contributed by atoms with van der Waals surface area (Å²) in [6, 6.07) is 8.57. The Kier molecular flexibility index (Phi) is 8.77. The van der Waals surface area contributed by atoms with Crippen LogP contribution in [0.1, 0.15) is 115 Å². The van der Waals surface area contributed by atoms with Gasteiger partial charge in [0.1, 0.15) is 5.75 Å². The SMILES string of the molecule is C=C[C@H]1CN2CC[C@H]1C[C@H]2[C@H](O)c1cc(CC[C@@H](C)[C@H]2CC[C@H]3[C@@H]4CC[C@@H]5C[C@H](O)CC[C@]5(C)[C@H]4CC[C@]23C)nc2ccc(OC)cc12. The molecule has 5 heteroatoms. The van der Waals surface area contributed by atoms with Gasteiger partial charge in [0.25, 0.3) is 0 Å². The van der Waals surface area contributed by atoms with Crippen LogP contribution >= 0.6 is 0 Å². The average Bonchev–Trinajstić information content (AvgIpc) is 3.47. The summed E-state index contributed by atoms with van der Waals surface area (Å²) in [5.41, 5.74) is 4.02. The fraction of sp³-hybridized carbons (Fsp3) is 0.744. The topological polar surface area (TPSA) is 65.8 Å². The Morgan fingerprint density at radius 2 is 1.83 bits per heavy atom. The van der Waals surface area contributed by atoms with Crippen molar-refractivity contribution in [3.8, 4) is 5.75 Å². The first-order valence-electron chi connectivity index (χ1n) is 19.8. The molecule has 48 heavy (non-hydrogen) atoms. The van der Waals surface area contributed by atoms with Gasteiger partial charge in [-0.2, -0.15) is 0 Å². The fourth-order valence-corrected chi connectivity index (χ4v) is 13.5. The van der Waals surface area contributed by atoms with Gasteiger partial charge in [-0.25, -0.2) is 0 Å². The van der Waals surface area contributed by atoms with E-state index in [2.05, 4.69) is 56.5 Å². The van der Waals surface area contributed by atoms with Crippen molar-refractivity contribution in [2.24, 2.45) is 58.2 Å². The number of hydrogen-bond acceptors (Lipinski definition) is 5.